The first-order valence-electron chi connectivity index (χ1n) is 6.55. The second-order valence-corrected chi connectivity index (χ2v) is 4.98. The van der Waals surface area contributed by atoms with Crippen molar-refractivity contribution in [3.8, 4) is 0 Å². The molecule has 1 unspecified atom stereocenters. The smallest absolute Gasteiger partial charge is 0.324 e. The first-order chi connectivity index (χ1) is 8.98. The predicted molar refractivity (Wildman–Crippen MR) is 75.2 cm³/mol. The molecule has 5 nitrogen and oxygen atoms in total. The number of carboxylic acids is 1. The SMILES string of the molecule is CCNC(C)(CN(C)CCc1ccccn1)C(=O)O. The summed E-state index contributed by atoms with van der Waals surface area (Å²) in [6.45, 7) is 5.51. The molecule has 1 heterocycles. The van der Waals surface area contributed by atoms with Crippen LogP contribution in [0.3, 0.4) is 0 Å². The van der Waals surface area contributed by atoms with Gasteiger partial charge in [-0.05, 0) is 32.6 Å². The average molecular weight is 265 g/mol. The fraction of sp³-hybridized carbons (Fsp3) is 0.571. The molecule has 0 radical (unpaired) electrons. The molecule has 1 atom stereocenters. The van der Waals surface area contributed by atoms with E-state index in [2.05, 4.69) is 10.3 Å². The molecule has 0 amide bonds. The highest BCUT2D eigenvalue weighted by atomic mass is 16.4. The molecular weight excluding hydrogens is 242 g/mol. The summed E-state index contributed by atoms with van der Waals surface area (Å²) >= 11 is 0. The lowest BCUT2D eigenvalue weighted by Gasteiger charge is -2.30. The van der Waals surface area contributed by atoms with Crippen molar-refractivity contribution in [2.24, 2.45) is 0 Å². The number of nitrogens with one attached hydrogen (secondary N) is 1. The number of carbonyl (C=O) groups is 1. The van der Waals surface area contributed by atoms with Gasteiger partial charge >= 0.3 is 5.97 Å². The van der Waals surface area contributed by atoms with Gasteiger partial charge in [-0.3, -0.25) is 9.78 Å². The third-order valence-corrected chi connectivity index (χ3v) is 3.10. The molecule has 0 aliphatic rings. The van der Waals surface area contributed by atoms with Gasteiger partial charge in [0.2, 0.25) is 0 Å². The minimum atomic E-state index is -0.909. The van der Waals surface area contributed by atoms with Crippen molar-refractivity contribution in [3.05, 3.63) is 30.1 Å². The van der Waals surface area contributed by atoms with Gasteiger partial charge < -0.3 is 15.3 Å². The number of likely N-dealkylation sites (N-methyl/N-ethyl adjacent to an activating group) is 2. The Kier molecular flexibility index (Phi) is 5.92. The van der Waals surface area contributed by atoms with Gasteiger partial charge in [0.05, 0.1) is 0 Å². The molecule has 2 N–H and O–H groups in total. The first kappa shape index (κ1) is 15.6. The molecule has 1 rings (SSSR count). The predicted octanol–water partition coefficient (Wildman–Crippen LogP) is 1.01. The summed E-state index contributed by atoms with van der Waals surface area (Å²) in [5.74, 6) is -0.820. The topological polar surface area (TPSA) is 65.5 Å². The van der Waals surface area contributed by atoms with Crippen molar-refractivity contribution < 1.29 is 9.90 Å². The molecule has 0 aliphatic carbocycles. The first-order valence-corrected chi connectivity index (χ1v) is 6.55. The Morgan fingerprint density at radius 1 is 1.53 bits per heavy atom. The van der Waals surface area contributed by atoms with Crippen molar-refractivity contribution in [2.45, 2.75) is 25.8 Å². The third-order valence-electron chi connectivity index (χ3n) is 3.10. The van der Waals surface area contributed by atoms with Gasteiger partial charge in [0.25, 0.3) is 0 Å². The van der Waals surface area contributed by atoms with Crippen LogP contribution in [0.2, 0.25) is 0 Å². The van der Waals surface area contributed by atoms with Crippen LogP contribution >= 0.6 is 0 Å². The molecule has 106 valence electrons. The van der Waals surface area contributed by atoms with E-state index in [1.165, 1.54) is 0 Å². The van der Waals surface area contributed by atoms with Crippen LogP contribution in [0.1, 0.15) is 19.5 Å². The summed E-state index contributed by atoms with van der Waals surface area (Å²) in [7, 11) is 1.93. The molecule has 1 aromatic rings. The van der Waals surface area contributed by atoms with Crippen LogP contribution in [-0.2, 0) is 11.2 Å². The molecule has 0 spiro atoms. The number of rotatable bonds is 8. The fourth-order valence-electron chi connectivity index (χ4n) is 2.06. The Morgan fingerprint density at radius 3 is 2.79 bits per heavy atom. The maximum absolute atomic E-state index is 11.3. The van der Waals surface area contributed by atoms with Gasteiger partial charge in [0.1, 0.15) is 5.54 Å². The largest absolute Gasteiger partial charge is 0.480 e. The van der Waals surface area contributed by atoms with Crippen molar-refractivity contribution in [1.29, 1.82) is 0 Å². The molecule has 0 fully saturated rings. The normalized spacial score (nSPS) is 14.3. The second-order valence-electron chi connectivity index (χ2n) is 4.98. The minimum Gasteiger partial charge on any atom is -0.480 e. The highest BCUT2D eigenvalue weighted by Gasteiger charge is 2.33. The van der Waals surface area contributed by atoms with Crippen LogP contribution in [-0.4, -0.2) is 53.2 Å². The molecule has 19 heavy (non-hydrogen) atoms. The van der Waals surface area contributed by atoms with Gasteiger partial charge in [-0.15, -0.1) is 0 Å². The lowest BCUT2D eigenvalue weighted by atomic mass is 10.0. The van der Waals surface area contributed by atoms with Crippen LogP contribution in [0.25, 0.3) is 0 Å². The van der Waals surface area contributed by atoms with Gasteiger partial charge in [-0.25, -0.2) is 0 Å². The molecule has 1 aromatic heterocycles. The highest BCUT2D eigenvalue weighted by molar-refractivity contribution is 5.78. The molecule has 0 aromatic carbocycles. The van der Waals surface area contributed by atoms with Crippen molar-refractivity contribution >= 4 is 5.97 Å². The van der Waals surface area contributed by atoms with Crippen molar-refractivity contribution in [1.82, 2.24) is 15.2 Å². The van der Waals surface area contributed by atoms with E-state index in [9.17, 15) is 9.90 Å². The number of hydrogen-bond donors (Lipinski definition) is 2. The summed E-state index contributed by atoms with van der Waals surface area (Å²) in [6, 6.07) is 5.83. The van der Waals surface area contributed by atoms with Gasteiger partial charge in [-0.2, -0.15) is 0 Å². The van der Waals surface area contributed by atoms with Crippen LogP contribution in [0.5, 0.6) is 0 Å². The Morgan fingerprint density at radius 2 is 2.26 bits per heavy atom. The monoisotopic (exact) mass is 265 g/mol. The van der Waals surface area contributed by atoms with Crippen LogP contribution in [0.4, 0.5) is 0 Å². The standard InChI is InChI=1S/C14H23N3O2/c1-4-16-14(2,13(18)19)11-17(3)10-8-12-7-5-6-9-15-12/h5-7,9,16H,4,8,10-11H2,1-3H3,(H,18,19). The van der Waals surface area contributed by atoms with E-state index >= 15 is 0 Å². The Labute approximate surface area is 114 Å². The second kappa shape index (κ2) is 7.21. The number of pyridine rings is 1. The Hall–Kier alpha value is -1.46. The number of nitrogens with zero attached hydrogens (tertiary/aromatic N) is 2. The van der Waals surface area contributed by atoms with E-state index in [1.807, 2.05) is 37.1 Å². The van der Waals surface area contributed by atoms with Crippen molar-refractivity contribution in [3.63, 3.8) is 0 Å². The molecule has 0 bridgehead atoms. The van der Waals surface area contributed by atoms with Gasteiger partial charge in [-0.1, -0.05) is 13.0 Å². The number of aromatic nitrogens is 1. The number of hydrogen-bond acceptors (Lipinski definition) is 4. The minimum absolute atomic E-state index is 0.461. The van der Waals surface area contributed by atoms with E-state index in [0.717, 1.165) is 18.7 Å². The molecule has 0 aliphatic heterocycles. The number of carboxylic acid groups (broad SMARTS) is 1. The van der Waals surface area contributed by atoms with E-state index in [1.54, 1.807) is 13.1 Å². The zero-order valence-electron chi connectivity index (χ0n) is 11.9. The van der Waals surface area contributed by atoms with E-state index in [-0.39, 0.29) is 0 Å². The van der Waals surface area contributed by atoms with Crippen LogP contribution < -0.4 is 5.32 Å². The van der Waals surface area contributed by atoms with Gasteiger partial charge in [0, 0.05) is 31.4 Å². The quantitative estimate of drug-likeness (QED) is 0.734. The molecule has 5 heteroatoms. The summed E-state index contributed by atoms with van der Waals surface area (Å²) < 4.78 is 0. The highest BCUT2D eigenvalue weighted by Crippen LogP contribution is 2.07. The third kappa shape index (κ3) is 4.96. The summed E-state index contributed by atoms with van der Waals surface area (Å²) in [4.78, 5) is 17.6. The maximum atomic E-state index is 11.3. The summed E-state index contributed by atoms with van der Waals surface area (Å²) in [5, 5.41) is 12.3. The zero-order valence-corrected chi connectivity index (χ0v) is 11.9. The van der Waals surface area contributed by atoms with Crippen LogP contribution in [0, 0.1) is 0 Å². The van der Waals surface area contributed by atoms with Crippen molar-refractivity contribution in [2.75, 3.05) is 26.7 Å². The molecular formula is C14H23N3O2. The lowest BCUT2D eigenvalue weighted by molar-refractivity contribution is -0.144. The fourth-order valence-corrected chi connectivity index (χ4v) is 2.06. The lowest BCUT2D eigenvalue weighted by Crippen LogP contribution is -2.56. The number of aliphatic carboxylic acids is 1. The summed E-state index contributed by atoms with van der Waals surface area (Å²) in [5.41, 5.74) is 0.114. The zero-order chi connectivity index (χ0) is 14.3. The molecule has 0 saturated carbocycles. The van der Waals surface area contributed by atoms with Gasteiger partial charge in [0.15, 0.2) is 0 Å². The maximum Gasteiger partial charge on any atom is 0.324 e. The molecule has 0 saturated heterocycles. The Balaban J connectivity index is 2.49. The van der Waals surface area contributed by atoms with E-state index < -0.39 is 11.5 Å². The average Bonchev–Trinajstić information content (AvgIpc) is 2.37. The van der Waals surface area contributed by atoms with E-state index in [4.69, 9.17) is 0 Å². The van der Waals surface area contributed by atoms with Crippen LogP contribution in [0.15, 0.2) is 24.4 Å². The van der Waals surface area contributed by atoms with E-state index in [0.29, 0.717) is 13.1 Å². The Bertz CT molecular complexity index is 397. The summed E-state index contributed by atoms with van der Waals surface area (Å²) in [6.07, 6.45) is 2.59.